The van der Waals surface area contributed by atoms with Gasteiger partial charge in [-0.05, 0) is 45.4 Å². The molecule has 2 aromatic heterocycles. The number of hydrogen-bond acceptors (Lipinski definition) is 6. The first-order valence-corrected chi connectivity index (χ1v) is 9.30. The summed E-state index contributed by atoms with van der Waals surface area (Å²) >= 11 is 0. The quantitative estimate of drug-likeness (QED) is 0.456. The molecule has 3 aromatic rings. The molecule has 0 radical (unpaired) electrons. The van der Waals surface area contributed by atoms with E-state index in [4.69, 9.17) is 4.74 Å². The zero-order chi connectivity index (χ0) is 22.2. The highest BCUT2D eigenvalue weighted by Gasteiger charge is 2.25. The van der Waals surface area contributed by atoms with Crippen LogP contribution in [0.3, 0.4) is 0 Å². The van der Waals surface area contributed by atoms with Crippen LogP contribution in [0.2, 0.25) is 0 Å². The Hall–Kier alpha value is -3.23. The van der Waals surface area contributed by atoms with E-state index in [-0.39, 0.29) is 22.2 Å². The molecule has 30 heavy (non-hydrogen) atoms. The van der Waals surface area contributed by atoms with E-state index in [9.17, 15) is 18.4 Å². The third-order valence-electron chi connectivity index (χ3n) is 4.26. The Kier molecular flexibility index (Phi) is 5.65. The van der Waals surface area contributed by atoms with Crippen LogP contribution < -0.4 is 0 Å². The Balaban J connectivity index is 2.21. The van der Waals surface area contributed by atoms with Gasteiger partial charge in [-0.3, -0.25) is 14.3 Å². The molecule has 0 unspecified atom stereocenters. The van der Waals surface area contributed by atoms with Crippen LogP contribution in [0.1, 0.15) is 56.0 Å². The largest absolute Gasteiger partial charge is 0.459 e. The van der Waals surface area contributed by atoms with Crippen molar-refractivity contribution in [3.63, 3.8) is 0 Å². The van der Waals surface area contributed by atoms with E-state index in [1.165, 1.54) is 25.4 Å². The number of Topliss-reactive ketones (excluding diaryl/α,β-unsaturated/α-hetero) is 1. The smallest absolute Gasteiger partial charge is 0.328 e. The number of halogens is 2. The molecule has 3 rings (SSSR count). The van der Waals surface area contributed by atoms with Crippen molar-refractivity contribution in [1.29, 1.82) is 0 Å². The van der Waals surface area contributed by atoms with Gasteiger partial charge >= 0.3 is 5.97 Å². The van der Waals surface area contributed by atoms with Gasteiger partial charge in [0.1, 0.15) is 23.7 Å². The molecule has 0 aliphatic carbocycles. The van der Waals surface area contributed by atoms with E-state index in [1.54, 1.807) is 33.8 Å². The standard InChI is InChI=1S/C21H22F2N4O3/c1-11(28)18-15-6-13(14-8-24-12(2)25-9-14)7-16(20(22)23)19(15)27(26-18)10-17(29)30-21(3,4)5/h6-9,20H,10H2,1-5H3. The maximum atomic E-state index is 14.0. The van der Waals surface area contributed by atoms with E-state index in [2.05, 4.69) is 15.1 Å². The zero-order valence-corrected chi connectivity index (χ0v) is 17.4. The highest BCUT2D eigenvalue weighted by Crippen LogP contribution is 2.35. The summed E-state index contributed by atoms with van der Waals surface area (Å²) in [6, 6.07) is 2.89. The van der Waals surface area contributed by atoms with Crippen molar-refractivity contribution < 1.29 is 23.1 Å². The Morgan fingerprint density at radius 3 is 2.30 bits per heavy atom. The number of aromatic nitrogens is 4. The van der Waals surface area contributed by atoms with Gasteiger partial charge in [0.05, 0.1) is 5.52 Å². The van der Waals surface area contributed by atoms with E-state index in [1.807, 2.05) is 0 Å². The summed E-state index contributed by atoms with van der Waals surface area (Å²) < 4.78 is 34.3. The summed E-state index contributed by atoms with van der Waals surface area (Å²) in [6.07, 6.45) is 0.196. The van der Waals surface area contributed by atoms with E-state index in [0.717, 1.165) is 4.68 Å². The number of nitrogens with zero attached hydrogens (tertiary/aromatic N) is 4. The number of ether oxygens (including phenoxy) is 1. The van der Waals surface area contributed by atoms with Crippen molar-refractivity contribution in [3.05, 3.63) is 41.6 Å². The van der Waals surface area contributed by atoms with Gasteiger partial charge in [-0.2, -0.15) is 5.10 Å². The molecule has 1 aromatic carbocycles. The first-order valence-electron chi connectivity index (χ1n) is 9.30. The lowest BCUT2D eigenvalue weighted by Gasteiger charge is -2.19. The molecule has 0 N–H and O–H groups in total. The van der Waals surface area contributed by atoms with Crippen LogP contribution >= 0.6 is 0 Å². The number of ketones is 1. The van der Waals surface area contributed by atoms with Crippen molar-refractivity contribution in [2.75, 3.05) is 0 Å². The molecule has 0 atom stereocenters. The molecule has 0 bridgehead atoms. The normalized spacial score (nSPS) is 11.9. The number of hydrogen-bond donors (Lipinski definition) is 0. The highest BCUT2D eigenvalue weighted by molar-refractivity contribution is 6.07. The molecule has 0 aliphatic rings. The van der Waals surface area contributed by atoms with Crippen molar-refractivity contribution in [3.8, 4) is 11.1 Å². The van der Waals surface area contributed by atoms with Crippen LogP contribution in [0.25, 0.3) is 22.0 Å². The van der Waals surface area contributed by atoms with Gasteiger partial charge < -0.3 is 4.74 Å². The molecular weight excluding hydrogens is 394 g/mol. The van der Waals surface area contributed by atoms with E-state index in [0.29, 0.717) is 17.0 Å². The minimum Gasteiger partial charge on any atom is -0.459 e. The summed E-state index contributed by atoms with van der Waals surface area (Å²) in [5.74, 6) is -0.498. The van der Waals surface area contributed by atoms with Crippen LogP contribution in [0.15, 0.2) is 24.5 Å². The van der Waals surface area contributed by atoms with Crippen molar-refractivity contribution in [1.82, 2.24) is 19.7 Å². The van der Waals surface area contributed by atoms with Gasteiger partial charge in [-0.25, -0.2) is 18.7 Å². The molecule has 158 valence electrons. The van der Waals surface area contributed by atoms with Crippen molar-refractivity contribution in [2.45, 2.75) is 53.2 Å². The highest BCUT2D eigenvalue weighted by atomic mass is 19.3. The second-order valence-corrected chi connectivity index (χ2v) is 7.93. The summed E-state index contributed by atoms with van der Waals surface area (Å²) in [5, 5.41) is 4.39. The van der Waals surface area contributed by atoms with E-state index < -0.39 is 30.3 Å². The van der Waals surface area contributed by atoms with Gasteiger partial charge in [0, 0.05) is 35.8 Å². The molecule has 7 nitrogen and oxygen atoms in total. The van der Waals surface area contributed by atoms with Crippen LogP contribution in [-0.2, 0) is 16.1 Å². The third kappa shape index (κ3) is 4.50. The number of rotatable bonds is 5. The average molecular weight is 416 g/mol. The Morgan fingerprint density at radius 2 is 1.77 bits per heavy atom. The molecule has 2 heterocycles. The average Bonchev–Trinajstić information content (AvgIpc) is 2.98. The molecular formula is C21H22F2N4O3. The number of esters is 1. The summed E-state index contributed by atoms with van der Waals surface area (Å²) in [6.45, 7) is 7.72. The molecule has 0 aliphatic heterocycles. The predicted molar refractivity (Wildman–Crippen MR) is 106 cm³/mol. The fourth-order valence-corrected chi connectivity index (χ4v) is 3.10. The Morgan fingerprint density at radius 1 is 1.13 bits per heavy atom. The van der Waals surface area contributed by atoms with Gasteiger partial charge in [-0.1, -0.05) is 0 Å². The fraction of sp³-hybridized carbons (Fsp3) is 0.381. The van der Waals surface area contributed by atoms with E-state index >= 15 is 0 Å². The topological polar surface area (TPSA) is 87.0 Å². The summed E-state index contributed by atoms with van der Waals surface area (Å²) in [4.78, 5) is 32.6. The van der Waals surface area contributed by atoms with Crippen LogP contribution in [0, 0.1) is 6.92 Å². The number of carbonyl (C=O) groups is 2. The lowest BCUT2D eigenvalue weighted by atomic mass is 10.0. The first-order chi connectivity index (χ1) is 14.0. The first kappa shape index (κ1) is 21.5. The van der Waals surface area contributed by atoms with Gasteiger partial charge in [-0.15, -0.1) is 0 Å². The maximum Gasteiger partial charge on any atom is 0.328 e. The molecule has 0 amide bonds. The number of carbonyl (C=O) groups excluding carboxylic acids is 2. The summed E-state index contributed by atoms with van der Waals surface area (Å²) in [7, 11) is 0. The molecule has 9 heteroatoms. The van der Waals surface area contributed by atoms with Crippen LogP contribution in [0.4, 0.5) is 8.78 Å². The third-order valence-corrected chi connectivity index (χ3v) is 4.26. The number of alkyl halides is 2. The predicted octanol–water partition coefficient (Wildman–Crippen LogP) is 4.28. The minimum atomic E-state index is -2.85. The SMILES string of the molecule is CC(=O)c1nn(CC(=O)OC(C)(C)C)c2c(C(F)F)cc(-c3cnc(C)nc3)cc12. The Labute approximate surface area is 172 Å². The lowest BCUT2D eigenvalue weighted by Crippen LogP contribution is -2.27. The fourth-order valence-electron chi connectivity index (χ4n) is 3.10. The lowest BCUT2D eigenvalue weighted by molar-refractivity contribution is -0.155. The van der Waals surface area contributed by atoms with Gasteiger partial charge in [0.25, 0.3) is 6.43 Å². The molecule has 0 saturated carbocycles. The summed E-state index contributed by atoms with van der Waals surface area (Å²) in [5.41, 5.74) is -0.0983. The monoisotopic (exact) mass is 416 g/mol. The van der Waals surface area contributed by atoms with Gasteiger partial charge in [0.2, 0.25) is 0 Å². The number of benzene rings is 1. The van der Waals surface area contributed by atoms with Crippen LogP contribution in [0.5, 0.6) is 0 Å². The number of aryl methyl sites for hydroxylation is 1. The molecule has 0 saturated heterocycles. The van der Waals surface area contributed by atoms with Crippen LogP contribution in [-0.4, -0.2) is 37.1 Å². The minimum absolute atomic E-state index is 0.00494. The second-order valence-electron chi connectivity index (χ2n) is 7.93. The number of fused-ring (bicyclic) bond motifs is 1. The Bertz CT molecular complexity index is 1120. The van der Waals surface area contributed by atoms with Gasteiger partial charge in [0.15, 0.2) is 5.78 Å². The van der Waals surface area contributed by atoms with Crippen molar-refractivity contribution in [2.24, 2.45) is 0 Å². The zero-order valence-electron chi connectivity index (χ0n) is 17.4. The second kappa shape index (κ2) is 7.89. The molecule has 0 fully saturated rings. The van der Waals surface area contributed by atoms with Crippen molar-refractivity contribution >= 4 is 22.7 Å². The molecule has 0 spiro atoms. The maximum absolute atomic E-state index is 14.0.